The maximum atomic E-state index is 12.9. The largest absolute Gasteiger partial charge is 0.379 e. The number of thiazole rings is 1. The van der Waals surface area contributed by atoms with Gasteiger partial charge >= 0.3 is 0 Å². The summed E-state index contributed by atoms with van der Waals surface area (Å²) in [5.41, 5.74) is 0.884. The number of ether oxygens (including phenoxy) is 1. The zero-order valence-electron chi connectivity index (χ0n) is 16.0. The van der Waals surface area contributed by atoms with Crippen LogP contribution in [0, 0.1) is 5.92 Å². The van der Waals surface area contributed by atoms with Crippen LogP contribution in [0.1, 0.15) is 28.9 Å². The van der Waals surface area contributed by atoms with E-state index < -0.39 is 0 Å². The number of carbonyl (C=O) groups is 1. The average Bonchev–Trinajstić information content (AvgIpc) is 3.23. The predicted molar refractivity (Wildman–Crippen MR) is 113 cm³/mol. The van der Waals surface area contributed by atoms with Crippen LogP contribution >= 0.6 is 22.9 Å². The van der Waals surface area contributed by atoms with Crippen molar-refractivity contribution in [3.63, 3.8) is 0 Å². The summed E-state index contributed by atoms with van der Waals surface area (Å²) < 4.78 is 5.41. The number of morpholine rings is 1. The first-order valence-corrected chi connectivity index (χ1v) is 11.2. The molecule has 0 bridgehead atoms. The van der Waals surface area contributed by atoms with Crippen molar-refractivity contribution in [1.29, 1.82) is 0 Å². The smallest absolute Gasteiger partial charge is 0.265 e. The quantitative estimate of drug-likeness (QED) is 0.733. The second kappa shape index (κ2) is 9.35. The van der Waals surface area contributed by atoms with Gasteiger partial charge in [-0.25, -0.2) is 4.98 Å². The maximum Gasteiger partial charge on any atom is 0.265 e. The molecule has 2 saturated heterocycles. The van der Waals surface area contributed by atoms with Crippen LogP contribution in [-0.2, 0) is 4.74 Å². The van der Waals surface area contributed by atoms with E-state index in [-0.39, 0.29) is 5.91 Å². The third-order valence-corrected chi connectivity index (χ3v) is 7.03. The minimum Gasteiger partial charge on any atom is -0.379 e. The van der Waals surface area contributed by atoms with Crippen molar-refractivity contribution in [3.05, 3.63) is 40.4 Å². The highest BCUT2D eigenvalue weighted by Gasteiger charge is 2.25. The lowest BCUT2D eigenvalue weighted by atomic mass is 9.93. The highest BCUT2D eigenvalue weighted by Crippen LogP contribution is 2.32. The molecular weight excluding hydrogens is 394 g/mol. The number of aromatic nitrogens is 1. The van der Waals surface area contributed by atoms with Crippen LogP contribution in [0.4, 0.5) is 0 Å². The molecule has 0 saturated carbocycles. The Morgan fingerprint density at radius 1 is 1.18 bits per heavy atom. The zero-order valence-corrected chi connectivity index (χ0v) is 17.6. The lowest BCUT2D eigenvalue weighted by molar-refractivity contribution is 0.0332. The van der Waals surface area contributed by atoms with Crippen LogP contribution in [0.3, 0.4) is 0 Å². The number of hydrogen-bond acceptors (Lipinski definition) is 5. The number of carbonyl (C=O) groups excluding carboxylic acids is 1. The summed E-state index contributed by atoms with van der Waals surface area (Å²) in [6.45, 7) is 6.65. The fourth-order valence-corrected chi connectivity index (χ4v) is 5.11. The molecular formula is C21H26ClN3O2S. The van der Waals surface area contributed by atoms with E-state index in [4.69, 9.17) is 16.3 Å². The molecule has 2 fully saturated rings. The Bertz CT molecular complexity index is 798. The van der Waals surface area contributed by atoms with Gasteiger partial charge in [0.1, 0.15) is 9.88 Å². The number of halogens is 1. The molecule has 2 aliphatic heterocycles. The monoisotopic (exact) mass is 419 g/mol. The molecule has 150 valence electrons. The van der Waals surface area contributed by atoms with E-state index in [9.17, 15) is 4.79 Å². The number of nitrogens with zero attached hydrogens (tertiary/aromatic N) is 3. The summed E-state index contributed by atoms with van der Waals surface area (Å²) in [7, 11) is 0. The molecule has 0 atom stereocenters. The average molecular weight is 420 g/mol. The summed E-state index contributed by atoms with van der Waals surface area (Å²) in [4.78, 5) is 22.5. The van der Waals surface area contributed by atoms with E-state index >= 15 is 0 Å². The molecule has 0 unspecified atom stereocenters. The molecule has 28 heavy (non-hydrogen) atoms. The van der Waals surface area contributed by atoms with Crippen molar-refractivity contribution in [2.45, 2.75) is 19.3 Å². The van der Waals surface area contributed by atoms with Crippen LogP contribution in [0.25, 0.3) is 10.6 Å². The minimum absolute atomic E-state index is 0.0995. The normalized spacial score (nSPS) is 19.1. The maximum absolute atomic E-state index is 12.9. The fraction of sp³-hybridized carbons (Fsp3) is 0.524. The highest BCUT2D eigenvalue weighted by molar-refractivity contribution is 7.17. The van der Waals surface area contributed by atoms with Gasteiger partial charge in [-0.2, -0.15) is 0 Å². The summed E-state index contributed by atoms with van der Waals surface area (Å²) >= 11 is 7.69. The molecule has 1 aromatic carbocycles. The van der Waals surface area contributed by atoms with Gasteiger partial charge in [-0.1, -0.05) is 29.8 Å². The molecule has 0 radical (unpaired) electrons. The molecule has 0 aliphatic carbocycles. The van der Waals surface area contributed by atoms with Crippen molar-refractivity contribution >= 4 is 28.8 Å². The number of likely N-dealkylation sites (tertiary alicyclic amines) is 1. The number of hydrogen-bond donors (Lipinski definition) is 0. The van der Waals surface area contributed by atoms with E-state index in [1.807, 2.05) is 29.2 Å². The Labute approximate surface area is 175 Å². The molecule has 4 rings (SSSR count). The third kappa shape index (κ3) is 4.74. The number of piperidine rings is 1. The van der Waals surface area contributed by atoms with Gasteiger partial charge in [0.15, 0.2) is 0 Å². The van der Waals surface area contributed by atoms with Crippen LogP contribution in [0.2, 0.25) is 5.02 Å². The first-order valence-electron chi connectivity index (χ1n) is 10.0. The van der Waals surface area contributed by atoms with Gasteiger partial charge in [-0.3, -0.25) is 9.69 Å². The number of amides is 1. The van der Waals surface area contributed by atoms with Crippen molar-refractivity contribution in [1.82, 2.24) is 14.8 Å². The van der Waals surface area contributed by atoms with Crippen molar-refractivity contribution in [2.75, 3.05) is 45.9 Å². The number of benzene rings is 1. The van der Waals surface area contributed by atoms with Crippen LogP contribution in [-0.4, -0.2) is 66.6 Å². The SMILES string of the molecule is O=C(c1cnc(-c2ccccc2Cl)s1)N1CCC(CCN2CCOCC2)CC1. The zero-order chi connectivity index (χ0) is 19.3. The highest BCUT2D eigenvalue weighted by atomic mass is 35.5. The van der Waals surface area contributed by atoms with Gasteiger partial charge in [-0.15, -0.1) is 11.3 Å². The van der Waals surface area contributed by atoms with Crippen LogP contribution < -0.4 is 0 Å². The summed E-state index contributed by atoms with van der Waals surface area (Å²) in [5.74, 6) is 0.814. The number of rotatable bonds is 5. The molecule has 0 spiro atoms. The minimum atomic E-state index is 0.0995. The fourth-order valence-electron chi connectivity index (χ4n) is 3.90. The first-order chi connectivity index (χ1) is 13.7. The van der Waals surface area contributed by atoms with Gasteiger partial charge < -0.3 is 9.64 Å². The molecule has 2 aliphatic rings. The van der Waals surface area contributed by atoms with Gasteiger partial charge in [0, 0.05) is 31.7 Å². The van der Waals surface area contributed by atoms with Gasteiger partial charge in [-0.05, 0) is 37.8 Å². The Balaban J connectivity index is 1.29. The van der Waals surface area contributed by atoms with E-state index in [2.05, 4.69) is 9.88 Å². The lowest BCUT2D eigenvalue weighted by Gasteiger charge is -2.33. The molecule has 3 heterocycles. The summed E-state index contributed by atoms with van der Waals surface area (Å²) in [6.07, 6.45) is 5.09. The van der Waals surface area contributed by atoms with Gasteiger partial charge in [0.25, 0.3) is 5.91 Å². The molecule has 2 aromatic rings. The van der Waals surface area contributed by atoms with E-state index in [0.717, 1.165) is 69.4 Å². The standard InChI is InChI=1S/C21H26ClN3O2S/c22-18-4-2-1-3-17(18)20-23-15-19(28-20)21(26)25-9-6-16(7-10-25)5-8-24-11-13-27-14-12-24/h1-4,15-16H,5-14H2. The van der Waals surface area contributed by atoms with Crippen LogP contribution in [0.15, 0.2) is 30.5 Å². The Kier molecular flexibility index (Phi) is 6.62. The van der Waals surface area contributed by atoms with Crippen LogP contribution in [0.5, 0.6) is 0 Å². The Morgan fingerprint density at radius 2 is 1.93 bits per heavy atom. The topological polar surface area (TPSA) is 45.7 Å². The second-order valence-electron chi connectivity index (χ2n) is 7.49. The van der Waals surface area contributed by atoms with Gasteiger partial charge in [0.2, 0.25) is 0 Å². The van der Waals surface area contributed by atoms with Crippen molar-refractivity contribution < 1.29 is 9.53 Å². The van der Waals surface area contributed by atoms with E-state index in [0.29, 0.717) is 15.8 Å². The molecule has 1 amide bonds. The Hall–Kier alpha value is -1.47. The van der Waals surface area contributed by atoms with E-state index in [1.165, 1.54) is 17.8 Å². The summed E-state index contributed by atoms with van der Waals surface area (Å²) in [6, 6.07) is 7.62. The Morgan fingerprint density at radius 3 is 2.68 bits per heavy atom. The first kappa shape index (κ1) is 19.8. The second-order valence-corrected chi connectivity index (χ2v) is 8.93. The molecule has 0 N–H and O–H groups in total. The third-order valence-electron chi connectivity index (χ3n) is 5.68. The predicted octanol–water partition coefficient (Wildman–Crippen LogP) is 4.04. The van der Waals surface area contributed by atoms with Gasteiger partial charge in [0.05, 0.1) is 24.4 Å². The molecule has 5 nitrogen and oxygen atoms in total. The lowest BCUT2D eigenvalue weighted by Crippen LogP contribution is -2.40. The molecule has 1 aromatic heterocycles. The van der Waals surface area contributed by atoms with Crippen molar-refractivity contribution in [2.24, 2.45) is 5.92 Å². The van der Waals surface area contributed by atoms with E-state index in [1.54, 1.807) is 6.20 Å². The summed E-state index contributed by atoms with van der Waals surface area (Å²) in [5, 5.41) is 1.46. The van der Waals surface area contributed by atoms with Crippen molar-refractivity contribution in [3.8, 4) is 10.6 Å². The molecule has 7 heteroatoms.